The lowest BCUT2D eigenvalue weighted by Gasteiger charge is -2.25. The average molecular weight is 209 g/mol. The molecule has 0 spiro atoms. The van der Waals surface area contributed by atoms with E-state index in [4.69, 9.17) is 0 Å². The fourth-order valence-corrected chi connectivity index (χ4v) is 2.52. The van der Waals surface area contributed by atoms with E-state index in [1.165, 1.54) is 22.5 Å². The molecule has 1 heterocycles. The van der Waals surface area contributed by atoms with E-state index in [9.17, 15) is 0 Å². The predicted octanol–water partition coefficient (Wildman–Crippen LogP) is 3.67. The van der Waals surface area contributed by atoms with Crippen LogP contribution in [-0.4, -0.2) is 6.04 Å². The number of allylic oxidation sites excluding steroid dienone is 3. The fourth-order valence-electron chi connectivity index (χ4n) is 2.52. The Kier molecular flexibility index (Phi) is 2.00. The van der Waals surface area contributed by atoms with Crippen LogP contribution in [0.5, 0.6) is 0 Å². The highest BCUT2D eigenvalue weighted by Gasteiger charge is 2.28. The molecule has 2 aliphatic rings. The lowest BCUT2D eigenvalue weighted by atomic mass is 10.2. The third-order valence-corrected chi connectivity index (χ3v) is 3.17. The molecule has 1 unspecified atom stereocenters. The molecular weight excluding hydrogens is 194 g/mol. The number of hydrogen-bond acceptors (Lipinski definition) is 1. The van der Waals surface area contributed by atoms with Crippen LogP contribution in [0.1, 0.15) is 13.8 Å². The van der Waals surface area contributed by atoms with Gasteiger partial charge in [0.25, 0.3) is 0 Å². The van der Waals surface area contributed by atoms with Gasteiger partial charge in [0.2, 0.25) is 0 Å². The van der Waals surface area contributed by atoms with Crippen LogP contribution in [-0.2, 0) is 0 Å². The van der Waals surface area contributed by atoms with Gasteiger partial charge >= 0.3 is 0 Å². The Bertz CT molecular complexity index is 505. The smallest absolute Gasteiger partial charge is 0.0503 e. The summed E-state index contributed by atoms with van der Waals surface area (Å²) in [5, 5.41) is 0. The van der Waals surface area contributed by atoms with Gasteiger partial charge in [-0.25, -0.2) is 0 Å². The molecule has 0 aromatic heterocycles. The van der Waals surface area contributed by atoms with Crippen molar-refractivity contribution in [2.45, 2.75) is 19.9 Å². The molecule has 1 aromatic rings. The van der Waals surface area contributed by atoms with Crippen molar-refractivity contribution in [1.29, 1.82) is 0 Å². The Morgan fingerprint density at radius 1 is 1.06 bits per heavy atom. The quantitative estimate of drug-likeness (QED) is 0.682. The zero-order chi connectivity index (χ0) is 11.1. The summed E-state index contributed by atoms with van der Waals surface area (Å²) in [7, 11) is 0. The molecule has 16 heavy (non-hydrogen) atoms. The van der Waals surface area contributed by atoms with Gasteiger partial charge in [0.15, 0.2) is 0 Å². The number of anilines is 1. The standard InChI is InChI=1S/C15H15N/c1-11-8-13-10-12(2)16(15(13)9-11)14-6-4-3-5-7-14/h3-10,12H,1-2H3. The molecule has 1 nitrogen and oxygen atoms in total. The van der Waals surface area contributed by atoms with E-state index in [1.54, 1.807) is 0 Å². The van der Waals surface area contributed by atoms with Crippen LogP contribution in [0.25, 0.3) is 0 Å². The maximum absolute atomic E-state index is 2.39. The monoisotopic (exact) mass is 209 g/mol. The van der Waals surface area contributed by atoms with Crippen LogP contribution in [0.4, 0.5) is 5.69 Å². The Labute approximate surface area is 96.4 Å². The van der Waals surface area contributed by atoms with Gasteiger partial charge in [-0.3, -0.25) is 0 Å². The van der Waals surface area contributed by atoms with Crippen molar-refractivity contribution in [2.75, 3.05) is 4.90 Å². The molecule has 0 bridgehead atoms. The van der Waals surface area contributed by atoms with Gasteiger partial charge in [-0.1, -0.05) is 30.4 Å². The van der Waals surface area contributed by atoms with Gasteiger partial charge in [-0.05, 0) is 43.2 Å². The summed E-state index contributed by atoms with van der Waals surface area (Å²) < 4.78 is 0. The predicted molar refractivity (Wildman–Crippen MR) is 68.3 cm³/mol. The molecule has 1 atom stereocenters. The van der Waals surface area contributed by atoms with E-state index in [0.29, 0.717) is 6.04 Å². The average Bonchev–Trinajstić information content (AvgIpc) is 2.74. The second kappa shape index (κ2) is 3.38. The zero-order valence-corrected chi connectivity index (χ0v) is 9.64. The molecule has 1 heteroatoms. The van der Waals surface area contributed by atoms with Crippen molar-refractivity contribution in [1.82, 2.24) is 0 Å². The summed E-state index contributed by atoms with van der Waals surface area (Å²) in [6.45, 7) is 4.39. The van der Waals surface area contributed by atoms with E-state index in [-0.39, 0.29) is 0 Å². The highest BCUT2D eigenvalue weighted by molar-refractivity contribution is 5.69. The minimum atomic E-state index is 0.452. The molecule has 1 aliphatic carbocycles. The van der Waals surface area contributed by atoms with E-state index in [0.717, 1.165) is 0 Å². The van der Waals surface area contributed by atoms with Crippen molar-refractivity contribution in [3.8, 4) is 0 Å². The first kappa shape index (κ1) is 9.46. The third-order valence-electron chi connectivity index (χ3n) is 3.17. The first-order valence-corrected chi connectivity index (χ1v) is 5.72. The summed E-state index contributed by atoms with van der Waals surface area (Å²) in [4.78, 5) is 2.39. The Morgan fingerprint density at radius 3 is 2.56 bits per heavy atom. The summed E-state index contributed by atoms with van der Waals surface area (Å²) in [6.07, 6.45) is 6.85. The summed E-state index contributed by atoms with van der Waals surface area (Å²) in [5.74, 6) is 0. The van der Waals surface area contributed by atoms with Gasteiger partial charge in [-0.15, -0.1) is 0 Å². The zero-order valence-electron chi connectivity index (χ0n) is 9.64. The van der Waals surface area contributed by atoms with Crippen molar-refractivity contribution in [3.63, 3.8) is 0 Å². The van der Waals surface area contributed by atoms with E-state index in [2.05, 4.69) is 67.3 Å². The van der Waals surface area contributed by atoms with Crippen LogP contribution in [0.3, 0.4) is 0 Å². The van der Waals surface area contributed by atoms with Gasteiger partial charge in [0, 0.05) is 11.4 Å². The first-order chi connectivity index (χ1) is 7.75. The topological polar surface area (TPSA) is 3.24 Å². The van der Waals surface area contributed by atoms with Gasteiger partial charge in [0.1, 0.15) is 0 Å². The maximum atomic E-state index is 2.39. The highest BCUT2D eigenvalue weighted by Crippen LogP contribution is 2.37. The second-order valence-corrected chi connectivity index (χ2v) is 4.49. The molecule has 3 rings (SSSR count). The number of benzene rings is 1. The van der Waals surface area contributed by atoms with Crippen LogP contribution < -0.4 is 4.90 Å². The lowest BCUT2D eigenvalue weighted by Crippen LogP contribution is -2.25. The van der Waals surface area contributed by atoms with Crippen LogP contribution in [0.15, 0.2) is 65.4 Å². The lowest BCUT2D eigenvalue weighted by molar-refractivity contribution is 0.868. The molecule has 0 fully saturated rings. The Balaban J connectivity index is 2.03. The Hall–Kier alpha value is -1.76. The van der Waals surface area contributed by atoms with Gasteiger partial charge in [0.05, 0.1) is 6.04 Å². The fraction of sp³-hybridized carbons (Fsp3) is 0.200. The first-order valence-electron chi connectivity index (χ1n) is 5.72. The number of rotatable bonds is 1. The number of para-hydroxylation sites is 1. The number of hydrogen-bond donors (Lipinski definition) is 0. The molecule has 0 amide bonds. The minimum absolute atomic E-state index is 0.452. The summed E-state index contributed by atoms with van der Waals surface area (Å²) in [5.41, 5.74) is 5.33. The highest BCUT2D eigenvalue weighted by atomic mass is 15.2. The summed E-state index contributed by atoms with van der Waals surface area (Å²) >= 11 is 0. The van der Waals surface area contributed by atoms with E-state index in [1.807, 2.05) is 0 Å². The number of fused-ring (bicyclic) bond motifs is 1. The second-order valence-electron chi connectivity index (χ2n) is 4.49. The van der Waals surface area contributed by atoms with Crippen LogP contribution in [0, 0.1) is 0 Å². The van der Waals surface area contributed by atoms with Crippen molar-refractivity contribution >= 4 is 5.69 Å². The SMILES string of the molecule is CC1=CC2=CC(C)N(c3ccccc3)C2=C1. The molecule has 0 radical (unpaired) electrons. The maximum Gasteiger partial charge on any atom is 0.0503 e. The summed E-state index contributed by atoms with van der Waals surface area (Å²) in [6, 6.07) is 11.0. The molecular formula is C15H15N. The number of nitrogens with zero attached hydrogens (tertiary/aromatic N) is 1. The normalized spacial score (nSPS) is 22.8. The molecule has 1 aromatic carbocycles. The third kappa shape index (κ3) is 1.32. The van der Waals surface area contributed by atoms with Crippen LogP contribution >= 0.6 is 0 Å². The molecule has 0 N–H and O–H groups in total. The van der Waals surface area contributed by atoms with Crippen LogP contribution in [0.2, 0.25) is 0 Å². The largest absolute Gasteiger partial charge is 0.334 e. The van der Waals surface area contributed by atoms with Gasteiger partial charge in [-0.2, -0.15) is 0 Å². The molecule has 80 valence electrons. The minimum Gasteiger partial charge on any atom is -0.334 e. The Morgan fingerprint density at radius 2 is 1.81 bits per heavy atom. The van der Waals surface area contributed by atoms with E-state index >= 15 is 0 Å². The van der Waals surface area contributed by atoms with Crippen molar-refractivity contribution in [2.24, 2.45) is 0 Å². The van der Waals surface area contributed by atoms with Crippen molar-refractivity contribution < 1.29 is 0 Å². The van der Waals surface area contributed by atoms with Gasteiger partial charge < -0.3 is 4.90 Å². The van der Waals surface area contributed by atoms with Crippen molar-refractivity contribution in [3.05, 3.63) is 65.4 Å². The molecule has 0 saturated carbocycles. The van der Waals surface area contributed by atoms with E-state index < -0.39 is 0 Å². The molecule has 1 aliphatic heterocycles. The molecule has 0 saturated heterocycles.